The largest absolute Gasteiger partial charge is 0.324 e. The summed E-state index contributed by atoms with van der Waals surface area (Å²) in [4.78, 5) is 12.7. The maximum atomic E-state index is 12.7. The lowest BCUT2D eigenvalue weighted by Crippen LogP contribution is -2.27. The number of aryl methyl sites for hydroxylation is 1. The highest BCUT2D eigenvalue weighted by molar-refractivity contribution is 5.95. The summed E-state index contributed by atoms with van der Waals surface area (Å²) < 4.78 is 1.44. The maximum absolute atomic E-state index is 12.7. The van der Waals surface area contributed by atoms with Gasteiger partial charge in [-0.15, -0.1) is 5.10 Å². The van der Waals surface area contributed by atoms with Crippen LogP contribution in [0.3, 0.4) is 0 Å². The Morgan fingerprint density at radius 1 is 1.09 bits per heavy atom. The fourth-order valence-corrected chi connectivity index (χ4v) is 2.19. The van der Waals surface area contributed by atoms with Crippen molar-refractivity contribution in [3.05, 3.63) is 72.1 Å². The maximum Gasteiger partial charge on any atom is 0.253 e. The zero-order valence-electron chi connectivity index (χ0n) is 12.0. The molecule has 0 aliphatic rings. The number of carbonyl (C=O) groups excluding carboxylic acids is 1. The number of aromatic nitrogens is 4. The third-order valence-electron chi connectivity index (χ3n) is 3.31. The van der Waals surface area contributed by atoms with Crippen molar-refractivity contribution in [2.75, 3.05) is 5.32 Å². The molecule has 0 aliphatic heterocycles. The Kier molecular flexibility index (Phi) is 3.91. The standard InChI is InChI=1S/C16H15N5O/c1-12-7-9-14(10-8-12)18-16(22)15(21-11-17-19-20-21)13-5-3-2-4-6-13/h2-11,15H,1H3,(H,18,22). The summed E-state index contributed by atoms with van der Waals surface area (Å²) in [5.41, 5.74) is 2.70. The predicted octanol–water partition coefficient (Wildman–Crippen LogP) is 2.21. The van der Waals surface area contributed by atoms with E-state index in [4.69, 9.17) is 0 Å². The molecule has 1 amide bonds. The molecule has 0 aliphatic carbocycles. The SMILES string of the molecule is Cc1ccc(NC(=O)C(c2ccccc2)n2cnnn2)cc1. The van der Waals surface area contributed by atoms with Crippen molar-refractivity contribution in [3.63, 3.8) is 0 Å². The van der Waals surface area contributed by atoms with Crippen LogP contribution in [0.2, 0.25) is 0 Å². The topological polar surface area (TPSA) is 72.7 Å². The fourth-order valence-electron chi connectivity index (χ4n) is 2.19. The Morgan fingerprint density at radius 3 is 2.45 bits per heavy atom. The van der Waals surface area contributed by atoms with Crippen LogP contribution in [0, 0.1) is 6.92 Å². The van der Waals surface area contributed by atoms with E-state index >= 15 is 0 Å². The lowest BCUT2D eigenvalue weighted by Gasteiger charge is -2.16. The first kappa shape index (κ1) is 13.9. The number of rotatable bonds is 4. The van der Waals surface area contributed by atoms with Gasteiger partial charge < -0.3 is 5.32 Å². The van der Waals surface area contributed by atoms with Crippen molar-refractivity contribution in [1.29, 1.82) is 0 Å². The highest BCUT2D eigenvalue weighted by atomic mass is 16.2. The number of hydrogen-bond acceptors (Lipinski definition) is 4. The molecule has 0 radical (unpaired) electrons. The van der Waals surface area contributed by atoms with Crippen molar-refractivity contribution in [1.82, 2.24) is 20.2 Å². The van der Waals surface area contributed by atoms with Gasteiger partial charge in [0.15, 0.2) is 6.04 Å². The molecule has 1 heterocycles. The molecule has 2 aromatic carbocycles. The quantitative estimate of drug-likeness (QED) is 0.800. The molecule has 0 spiro atoms. The predicted molar refractivity (Wildman–Crippen MR) is 82.2 cm³/mol. The van der Waals surface area contributed by atoms with E-state index in [0.717, 1.165) is 16.8 Å². The molecule has 6 nitrogen and oxygen atoms in total. The molecular weight excluding hydrogens is 278 g/mol. The summed E-state index contributed by atoms with van der Waals surface area (Å²) >= 11 is 0. The van der Waals surface area contributed by atoms with Crippen molar-refractivity contribution in [2.24, 2.45) is 0 Å². The van der Waals surface area contributed by atoms with Crippen molar-refractivity contribution < 1.29 is 4.79 Å². The summed E-state index contributed by atoms with van der Waals surface area (Å²) in [6.07, 6.45) is 1.44. The van der Waals surface area contributed by atoms with Gasteiger partial charge in [0, 0.05) is 5.69 Å². The summed E-state index contributed by atoms with van der Waals surface area (Å²) in [6, 6.07) is 16.4. The molecule has 0 saturated carbocycles. The van der Waals surface area contributed by atoms with E-state index in [0.29, 0.717) is 0 Å². The van der Waals surface area contributed by atoms with Gasteiger partial charge in [-0.2, -0.15) is 0 Å². The van der Waals surface area contributed by atoms with E-state index in [2.05, 4.69) is 20.8 Å². The minimum atomic E-state index is -0.613. The third kappa shape index (κ3) is 3.01. The minimum Gasteiger partial charge on any atom is -0.324 e. The Labute approximate surface area is 127 Å². The number of tetrazole rings is 1. The van der Waals surface area contributed by atoms with Gasteiger partial charge in [-0.3, -0.25) is 4.79 Å². The van der Waals surface area contributed by atoms with E-state index in [-0.39, 0.29) is 5.91 Å². The number of carbonyl (C=O) groups is 1. The monoisotopic (exact) mass is 293 g/mol. The van der Waals surface area contributed by atoms with E-state index in [1.54, 1.807) is 0 Å². The second-order valence-corrected chi connectivity index (χ2v) is 4.96. The van der Waals surface area contributed by atoms with Gasteiger partial charge in [0.2, 0.25) is 0 Å². The molecule has 0 fully saturated rings. The molecule has 6 heteroatoms. The van der Waals surface area contributed by atoms with Crippen LogP contribution in [0.1, 0.15) is 17.2 Å². The minimum absolute atomic E-state index is 0.192. The summed E-state index contributed by atoms with van der Waals surface area (Å²) in [7, 11) is 0. The molecule has 22 heavy (non-hydrogen) atoms. The van der Waals surface area contributed by atoms with Crippen LogP contribution in [0.15, 0.2) is 60.9 Å². The number of amides is 1. The van der Waals surface area contributed by atoms with E-state index < -0.39 is 6.04 Å². The molecule has 1 N–H and O–H groups in total. The Morgan fingerprint density at radius 2 is 1.82 bits per heavy atom. The van der Waals surface area contributed by atoms with Crippen molar-refractivity contribution in [3.8, 4) is 0 Å². The first-order chi connectivity index (χ1) is 10.7. The van der Waals surface area contributed by atoms with Gasteiger partial charge in [-0.05, 0) is 35.0 Å². The molecule has 1 unspecified atom stereocenters. The van der Waals surface area contributed by atoms with Gasteiger partial charge in [-0.25, -0.2) is 4.68 Å². The van der Waals surface area contributed by atoms with Crippen molar-refractivity contribution in [2.45, 2.75) is 13.0 Å². The Hall–Kier alpha value is -3.02. The molecule has 3 rings (SSSR count). The second kappa shape index (κ2) is 6.17. The fraction of sp³-hybridized carbons (Fsp3) is 0.125. The van der Waals surface area contributed by atoms with E-state index in [9.17, 15) is 4.79 Å². The number of nitrogens with zero attached hydrogens (tertiary/aromatic N) is 4. The van der Waals surface area contributed by atoms with Gasteiger partial charge in [0.05, 0.1) is 0 Å². The summed E-state index contributed by atoms with van der Waals surface area (Å²) in [6.45, 7) is 2.00. The molecule has 0 bridgehead atoms. The van der Waals surface area contributed by atoms with E-state index in [1.165, 1.54) is 11.0 Å². The Balaban J connectivity index is 1.89. The molecule has 3 aromatic rings. The van der Waals surface area contributed by atoms with Crippen LogP contribution in [-0.2, 0) is 4.79 Å². The van der Waals surface area contributed by atoms with Crippen molar-refractivity contribution >= 4 is 11.6 Å². The molecular formula is C16H15N5O. The van der Waals surface area contributed by atoms with Crippen LogP contribution < -0.4 is 5.32 Å². The number of anilines is 1. The highest BCUT2D eigenvalue weighted by Crippen LogP contribution is 2.19. The van der Waals surface area contributed by atoms with Crippen LogP contribution in [-0.4, -0.2) is 26.1 Å². The van der Waals surface area contributed by atoms with Crippen LogP contribution in [0.25, 0.3) is 0 Å². The van der Waals surface area contributed by atoms with Gasteiger partial charge in [0.25, 0.3) is 5.91 Å². The lowest BCUT2D eigenvalue weighted by atomic mass is 10.1. The van der Waals surface area contributed by atoms with Crippen LogP contribution >= 0.6 is 0 Å². The van der Waals surface area contributed by atoms with Crippen LogP contribution in [0.5, 0.6) is 0 Å². The molecule has 1 aromatic heterocycles. The molecule has 110 valence electrons. The zero-order valence-corrected chi connectivity index (χ0v) is 12.0. The van der Waals surface area contributed by atoms with Gasteiger partial charge in [0.1, 0.15) is 6.33 Å². The second-order valence-electron chi connectivity index (χ2n) is 4.96. The normalized spacial score (nSPS) is 11.9. The van der Waals surface area contributed by atoms with Gasteiger partial charge >= 0.3 is 0 Å². The molecule has 1 atom stereocenters. The lowest BCUT2D eigenvalue weighted by molar-refractivity contribution is -0.118. The first-order valence-corrected chi connectivity index (χ1v) is 6.89. The average molecular weight is 293 g/mol. The highest BCUT2D eigenvalue weighted by Gasteiger charge is 2.23. The van der Waals surface area contributed by atoms with E-state index in [1.807, 2.05) is 61.5 Å². The molecule has 0 saturated heterocycles. The number of nitrogens with one attached hydrogen (secondary N) is 1. The Bertz CT molecular complexity index is 738. The summed E-state index contributed by atoms with van der Waals surface area (Å²) in [5.74, 6) is -0.192. The van der Waals surface area contributed by atoms with Crippen LogP contribution in [0.4, 0.5) is 5.69 Å². The van der Waals surface area contributed by atoms with Gasteiger partial charge in [-0.1, -0.05) is 48.0 Å². The third-order valence-corrected chi connectivity index (χ3v) is 3.31. The summed E-state index contributed by atoms with van der Waals surface area (Å²) in [5, 5.41) is 14.0. The number of hydrogen-bond donors (Lipinski definition) is 1. The smallest absolute Gasteiger partial charge is 0.253 e. The first-order valence-electron chi connectivity index (χ1n) is 6.89. The number of benzene rings is 2. The zero-order chi connectivity index (χ0) is 15.4. The average Bonchev–Trinajstić information content (AvgIpc) is 3.05.